The van der Waals surface area contributed by atoms with Crippen LogP contribution in [0.15, 0.2) is 44.0 Å². The summed E-state index contributed by atoms with van der Waals surface area (Å²) in [6, 6.07) is 8.36. The summed E-state index contributed by atoms with van der Waals surface area (Å²) in [5.41, 5.74) is 1.68. The van der Waals surface area contributed by atoms with E-state index in [2.05, 4.69) is 20.8 Å². The molecule has 4 rings (SSSR count). The van der Waals surface area contributed by atoms with Gasteiger partial charge in [-0.2, -0.15) is 0 Å². The molecular weight excluding hydrogens is 486 g/mol. The number of ether oxygens (including phenoxy) is 2. The molecule has 0 bridgehead atoms. The number of halogens is 2. The van der Waals surface area contributed by atoms with Gasteiger partial charge >= 0.3 is 0 Å². The average molecular weight is 509 g/mol. The third kappa shape index (κ3) is 3.84. The summed E-state index contributed by atoms with van der Waals surface area (Å²) < 4.78 is 18.3. The van der Waals surface area contributed by atoms with Crippen molar-refractivity contribution in [3.63, 3.8) is 0 Å². The number of hydrogen-bond donors (Lipinski definition) is 1. The van der Waals surface area contributed by atoms with E-state index in [0.717, 1.165) is 18.5 Å². The molecule has 1 aliphatic heterocycles. The van der Waals surface area contributed by atoms with Gasteiger partial charge in [-0.05, 0) is 54.1 Å². The lowest BCUT2D eigenvalue weighted by Crippen LogP contribution is -2.32. The fraction of sp³-hybridized carbons (Fsp3) is 0.348. The van der Waals surface area contributed by atoms with Crippen molar-refractivity contribution in [1.82, 2.24) is 4.90 Å². The van der Waals surface area contributed by atoms with Crippen LogP contribution < -0.4 is 14.9 Å². The summed E-state index contributed by atoms with van der Waals surface area (Å²) in [5, 5.41) is 11.0. The molecule has 0 amide bonds. The number of aliphatic hydroxyl groups is 1. The summed E-state index contributed by atoms with van der Waals surface area (Å²) in [5.74, 6) is 1.30. The Morgan fingerprint density at radius 2 is 1.97 bits per heavy atom. The summed E-state index contributed by atoms with van der Waals surface area (Å²) in [6.07, 6.45) is 0.804. The zero-order valence-electron chi connectivity index (χ0n) is 17.4. The Balaban J connectivity index is 2.06. The van der Waals surface area contributed by atoms with Crippen LogP contribution in [-0.4, -0.2) is 50.5 Å². The maximum Gasteiger partial charge on any atom is 0.197 e. The molecule has 1 fully saturated rings. The second kappa shape index (κ2) is 8.82. The number of rotatable bonds is 5. The highest BCUT2D eigenvalue weighted by molar-refractivity contribution is 9.10. The molecule has 164 valence electrons. The van der Waals surface area contributed by atoms with E-state index in [0.29, 0.717) is 43.3 Å². The number of fused-ring (bicyclic) bond motifs is 1. The molecule has 1 aromatic heterocycles. The molecule has 2 aromatic carbocycles. The van der Waals surface area contributed by atoms with E-state index in [-0.39, 0.29) is 24.0 Å². The largest absolute Gasteiger partial charge is 0.496 e. The first-order chi connectivity index (χ1) is 14.9. The second-order valence-electron chi connectivity index (χ2n) is 7.62. The lowest BCUT2D eigenvalue weighted by Gasteiger charge is -2.25. The molecule has 6 nitrogen and oxygen atoms in total. The Bertz CT molecular complexity index is 1190. The van der Waals surface area contributed by atoms with Crippen molar-refractivity contribution in [1.29, 1.82) is 0 Å². The fourth-order valence-electron chi connectivity index (χ4n) is 4.41. The fourth-order valence-corrected chi connectivity index (χ4v) is 5.29. The van der Waals surface area contributed by atoms with Gasteiger partial charge in [0, 0.05) is 44.7 Å². The molecule has 1 saturated heterocycles. The molecule has 0 spiro atoms. The number of likely N-dealkylation sites (tertiary alicyclic amines) is 1. The Kier molecular flexibility index (Phi) is 6.30. The van der Waals surface area contributed by atoms with Crippen LogP contribution in [0.2, 0.25) is 5.02 Å². The van der Waals surface area contributed by atoms with E-state index in [1.807, 2.05) is 7.05 Å². The number of hydrogen-bond acceptors (Lipinski definition) is 6. The van der Waals surface area contributed by atoms with Crippen molar-refractivity contribution in [2.24, 2.45) is 0 Å². The van der Waals surface area contributed by atoms with Gasteiger partial charge in [-0.1, -0.05) is 11.6 Å². The SMILES string of the molecule is COc1cc(OC)c2c(=O)cc(-c3ccc(Cl)cc3Br)oc2c1[C@@H]1CCN(C)[C@H]1CO. The Morgan fingerprint density at radius 1 is 1.23 bits per heavy atom. The van der Waals surface area contributed by atoms with Gasteiger partial charge in [-0.15, -0.1) is 0 Å². The molecule has 0 saturated carbocycles. The predicted molar refractivity (Wildman–Crippen MR) is 125 cm³/mol. The molecule has 1 N–H and O–H groups in total. The zero-order chi connectivity index (χ0) is 22.3. The normalized spacial score (nSPS) is 19.2. The van der Waals surface area contributed by atoms with Gasteiger partial charge in [0.25, 0.3) is 0 Å². The first-order valence-electron chi connectivity index (χ1n) is 9.88. The topological polar surface area (TPSA) is 72.1 Å². The van der Waals surface area contributed by atoms with Crippen LogP contribution in [0.4, 0.5) is 0 Å². The highest BCUT2D eigenvalue weighted by Crippen LogP contribution is 2.45. The van der Waals surface area contributed by atoms with Crippen LogP contribution in [0, 0.1) is 0 Å². The smallest absolute Gasteiger partial charge is 0.197 e. The molecule has 3 aromatic rings. The summed E-state index contributed by atoms with van der Waals surface area (Å²) in [4.78, 5) is 15.3. The summed E-state index contributed by atoms with van der Waals surface area (Å²) >= 11 is 9.59. The lowest BCUT2D eigenvalue weighted by atomic mass is 9.89. The van der Waals surface area contributed by atoms with E-state index >= 15 is 0 Å². The minimum Gasteiger partial charge on any atom is -0.496 e. The van der Waals surface area contributed by atoms with Gasteiger partial charge in [0.15, 0.2) is 5.43 Å². The summed E-state index contributed by atoms with van der Waals surface area (Å²) in [7, 11) is 5.07. The molecule has 8 heteroatoms. The van der Waals surface area contributed by atoms with Crippen molar-refractivity contribution < 1.29 is 19.0 Å². The average Bonchev–Trinajstić information content (AvgIpc) is 3.12. The first-order valence-corrected chi connectivity index (χ1v) is 11.1. The highest BCUT2D eigenvalue weighted by Gasteiger charge is 2.37. The van der Waals surface area contributed by atoms with E-state index in [9.17, 15) is 9.90 Å². The van der Waals surface area contributed by atoms with E-state index in [4.69, 9.17) is 25.5 Å². The Morgan fingerprint density at radius 3 is 2.61 bits per heavy atom. The number of nitrogens with zero attached hydrogens (tertiary/aromatic N) is 1. The summed E-state index contributed by atoms with van der Waals surface area (Å²) in [6.45, 7) is 0.809. The van der Waals surface area contributed by atoms with Crippen molar-refractivity contribution in [2.45, 2.75) is 18.4 Å². The van der Waals surface area contributed by atoms with Gasteiger partial charge in [0.05, 0.1) is 20.8 Å². The number of benzene rings is 2. The standard InChI is InChI=1S/C23H23BrClNO5/c1-26-7-6-14(16(26)11-27)21-19(29-2)10-20(30-3)22-17(28)9-18(31-23(21)22)13-5-4-12(25)8-15(13)24/h4-5,8-10,14,16,27H,6-7,11H2,1-3H3/t14-,16+/m1/s1. The van der Waals surface area contributed by atoms with E-state index in [1.165, 1.54) is 13.2 Å². The van der Waals surface area contributed by atoms with Crippen LogP contribution in [0.1, 0.15) is 17.9 Å². The molecular formula is C23H23BrClNO5. The molecule has 2 heterocycles. The number of methoxy groups -OCH3 is 2. The number of likely N-dealkylation sites (N-methyl/N-ethyl adjacent to an activating group) is 1. The van der Waals surface area contributed by atoms with E-state index in [1.54, 1.807) is 31.4 Å². The Labute approximate surface area is 193 Å². The zero-order valence-corrected chi connectivity index (χ0v) is 19.8. The van der Waals surface area contributed by atoms with Gasteiger partial charge in [0.2, 0.25) is 0 Å². The van der Waals surface area contributed by atoms with Crippen molar-refractivity contribution in [3.8, 4) is 22.8 Å². The number of aliphatic hydroxyl groups excluding tert-OH is 1. The quantitative estimate of drug-likeness (QED) is 0.540. The van der Waals surface area contributed by atoms with Crippen LogP contribution in [0.25, 0.3) is 22.3 Å². The maximum absolute atomic E-state index is 13.2. The first kappa shape index (κ1) is 22.1. The van der Waals surface area contributed by atoms with Crippen molar-refractivity contribution in [3.05, 3.63) is 55.6 Å². The Hall–Kier alpha value is -2.06. The van der Waals surface area contributed by atoms with Gasteiger partial charge in [-0.25, -0.2) is 0 Å². The van der Waals surface area contributed by atoms with Crippen molar-refractivity contribution in [2.75, 3.05) is 34.4 Å². The third-order valence-electron chi connectivity index (χ3n) is 5.98. The lowest BCUT2D eigenvalue weighted by molar-refractivity contribution is 0.171. The van der Waals surface area contributed by atoms with Gasteiger partial charge in [0.1, 0.15) is 28.2 Å². The van der Waals surface area contributed by atoms with Crippen LogP contribution in [-0.2, 0) is 0 Å². The minimum atomic E-state index is -0.217. The molecule has 31 heavy (non-hydrogen) atoms. The molecule has 0 radical (unpaired) electrons. The monoisotopic (exact) mass is 507 g/mol. The molecule has 0 aliphatic carbocycles. The van der Waals surface area contributed by atoms with Crippen molar-refractivity contribution >= 4 is 38.5 Å². The maximum atomic E-state index is 13.2. The molecule has 0 unspecified atom stereocenters. The minimum absolute atomic E-state index is 0.00943. The predicted octanol–water partition coefficient (Wildman–Crippen LogP) is 4.67. The molecule has 2 atom stereocenters. The van der Waals surface area contributed by atoms with Crippen LogP contribution >= 0.6 is 27.5 Å². The van der Waals surface area contributed by atoms with Crippen LogP contribution in [0.3, 0.4) is 0 Å². The molecule has 1 aliphatic rings. The van der Waals surface area contributed by atoms with Gasteiger partial charge < -0.3 is 23.9 Å². The van der Waals surface area contributed by atoms with Gasteiger partial charge in [-0.3, -0.25) is 4.79 Å². The second-order valence-corrected chi connectivity index (χ2v) is 8.91. The van der Waals surface area contributed by atoms with Crippen LogP contribution in [0.5, 0.6) is 11.5 Å². The third-order valence-corrected chi connectivity index (χ3v) is 6.88. The highest BCUT2D eigenvalue weighted by atomic mass is 79.9. The van der Waals surface area contributed by atoms with E-state index < -0.39 is 0 Å².